The molecule has 24 heavy (non-hydrogen) atoms. The normalized spacial score (nSPS) is 17.5. The summed E-state index contributed by atoms with van der Waals surface area (Å²) in [6, 6.07) is 3.77. The molecule has 0 bridgehead atoms. The molecule has 7 heteroatoms. The SMILES string of the molecule is Clc1nc(NCc2ccco2)c2sc([C@@H]3CC=CCC3)c(Cl)c2n1. The van der Waals surface area contributed by atoms with Crippen molar-refractivity contribution in [3.8, 4) is 0 Å². The minimum Gasteiger partial charge on any atom is -0.467 e. The van der Waals surface area contributed by atoms with E-state index in [1.807, 2.05) is 12.1 Å². The number of nitrogens with one attached hydrogen (secondary N) is 1. The lowest BCUT2D eigenvalue weighted by Crippen LogP contribution is -2.01. The number of halogens is 2. The molecule has 0 radical (unpaired) electrons. The van der Waals surface area contributed by atoms with Gasteiger partial charge in [0, 0.05) is 4.88 Å². The van der Waals surface area contributed by atoms with Crippen molar-refractivity contribution in [1.82, 2.24) is 9.97 Å². The van der Waals surface area contributed by atoms with Crippen LogP contribution >= 0.6 is 34.5 Å². The van der Waals surface area contributed by atoms with Crippen LogP contribution in [-0.2, 0) is 6.54 Å². The highest BCUT2D eigenvalue weighted by molar-refractivity contribution is 7.20. The summed E-state index contributed by atoms with van der Waals surface area (Å²) in [5.41, 5.74) is 0.730. The molecule has 124 valence electrons. The Morgan fingerprint density at radius 2 is 2.21 bits per heavy atom. The Morgan fingerprint density at radius 1 is 1.29 bits per heavy atom. The van der Waals surface area contributed by atoms with Crippen LogP contribution in [0.5, 0.6) is 0 Å². The summed E-state index contributed by atoms with van der Waals surface area (Å²) >= 11 is 14.4. The molecular weight excluding hydrogens is 365 g/mol. The van der Waals surface area contributed by atoms with E-state index >= 15 is 0 Å². The second-order valence-electron chi connectivity index (χ2n) is 5.71. The summed E-state index contributed by atoms with van der Waals surface area (Å²) < 4.78 is 6.30. The summed E-state index contributed by atoms with van der Waals surface area (Å²) in [7, 11) is 0. The Bertz CT molecular complexity index is 889. The molecule has 3 aromatic heterocycles. The molecule has 4 nitrogen and oxygen atoms in total. The zero-order valence-corrected chi connectivity index (χ0v) is 15.1. The quantitative estimate of drug-likeness (QED) is 0.444. The lowest BCUT2D eigenvalue weighted by atomic mass is 9.93. The standard InChI is InChI=1S/C17H15Cl2N3OS/c18-12-13-15(24-14(12)10-5-2-1-3-6-10)16(22-17(19)21-13)20-9-11-7-4-8-23-11/h1-2,4,7-8,10H,3,5-6,9H2,(H,20,21,22)/t10-/m1/s1. The van der Waals surface area contributed by atoms with Gasteiger partial charge >= 0.3 is 0 Å². The summed E-state index contributed by atoms with van der Waals surface area (Å²) in [4.78, 5) is 9.86. The van der Waals surface area contributed by atoms with E-state index in [0.29, 0.717) is 23.3 Å². The molecule has 0 saturated carbocycles. The van der Waals surface area contributed by atoms with Crippen LogP contribution in [0.4, 0.5) is 5.82 Å². The van der Waals surface area contributed by atoms with Crippen LogP contribution in [0.15, 0.2) is 35.0 Å². The maximum absolute atomic E-state index is 6.63. The van der Waals surface area contributed by atoms with Crippen molar-refractivity contribution in [2.45, 2.75) is 31.7 Å². The van der Waals surface area contributed by atoms with Gasteiger partial charge in [-0.3, -0.25) is 0 Å². The third-order valence-electron chi connectivity index (χ3n) is 4.12. The van der Waals surface area contributed by atoms with Crippen molar-refractivity contribution < 1.29 is 4.42 Å². The largest absolute Gasteiger partial charge is 0.467 e. The lowest BCUT2D eigenvalue weighted by Gasteiger charge is -2.16. The van der Waals surface area contributed by atoms with E-state index < -0.39 is 0 Å². The number of furan rings is 1. The highest BCUT2D eigenvalue weighted by Crippen LogP contribution is 2.45. The van der Waals surface area contributed by atoms with Gasteiger partial charge in [0.25, 0.3) is 0 Å². The summed E-state index contributed by atoms with van der Waals surface area (Å²) in [5, 5.41) is 4.19. The predicted octanol–water partition coefficient (Wildman–Crippen LogP) is 6.03. The maximum Gasteiger partial charge on any atom is 0.225 e. The molecule has 0 unspecified atom stereocenters. The van der Waals surface area contributed by atoms with Crippen LogP contribution < -0.4 is 5.32 Å². The fraction of sp³-hybridized carbons (Fsp3) is 0.294. The van der Waals surface area contributed by atoms with Crippen molar-refractivity contribution in [2.75, 3.05) is 5.32 Å². The average molecular weight is 380 g/mol. The van der Waals surface area contributed by atoms with Crippen LogP contribution in [0.1, 0.15) is 35.8 Å². The summed E-state index contributed by atoms with van der Waals surface area (Å²) in [6.07, 6.45) is 9.32. The number of aromatic nitrogens is 2. The van der Waals surface area contributed by atoms with Gasteiger partial charge in [0.15, 0.2) is 0 Å². The van der Waals surface area contributed by atoms with Crippen molar-refractivity contribution in [2.24, 2.45) is 0 Å². The molecule has 1 N–H and O–H groups in total. The topological polar surface area (TPSA) is 51.0 Å². The highest BCUT2D eigenvalue weighted by atomic mass is 35.5. The van der Waals surface area contributed by atoms with Gasteiger partial charge in [-0.2, -0.15) is 4.98 Å². The number of allylic oxidation sites excluding steroid dienone is 2. The van der Waals surface area contributed by atoms with E-state index in [0.717, 1.165) is 35.2 Å². The Hall–Kier alpha value is -1.56. The van der Waals surface area contributed by atoms with E-state index in [2.05, 4.69) is 27.4 Å². The van der Waals surface area contributed by atoms with Gasteiger partial charge in [0.2, 0.25) is 5.28 Å². The molecule has 0 aliphatic heterocycles. The van der Waals surface area contributed by atoms with E-state index in [4.69, 9.17) is 27.6 Å². The lowest BCUT2D eigenvalue weighted by molar-refractivity contribution is 0.518. The molecule has 1 aliphatic carbocycles. The Balaban J connectivity index is 1.72. The first-order valence-corrected chi connectivity index (χ1v) is 9.36. The second kappa shape index (κ2) is 6.75. The third kappa shape index (κ3) is 3.04. The number of nitrogens with zero attached hydrogens (tertiary/aromatic N) is 2. The van der Waals surface area contributed by atoms with Crippen molar-refractivity contribution in [1.29, 1.82) is 0 Å². The van der Waals surface area contributed by atoms with Crippen LogP contribution in [0.2, 0.25) is 10.3 Å². The zero-order valence-electron chi connectivity index (χ0n) is 12.8. The van der Waals surface area contributed by atoms with Gasteiger partial charge in [0.1, 0.15) is 17.1 Å². The van der Waals surface area contributed by atoms with E-state index in [1.165, 1.54) is 4.88 Å². The van der Waals surface area contributed by atoms with E-state index in [9.17, 15) is 0 Å². The number of anilines is 1. The molecule has 0 fully saturated rings. The Labute approximate surface area is 153 Å². The number of hydrogen-bond donors (Lipinski definition) is 1. The Morgan fingerprint density at radius 3 is 2.96 bits per heavy atom. The zero-order chi connectivity index (χ0) is 16.5. The number of hydrogen-bond acceptors (Lipinski definition) is 5. The van der Waals surface area contributed by atoms with Gasteiger partial charge < -0.3 is 9.73 Å². The van der Waals surface area contributed by atoms with Crippen molar-refractivity contribution >= 4 is 50.6 Å². The van der Waals surface area contributed by atoms with Gasteiger partial charge in [-0.15, -0.1) is 11.3 Å². The van der Waals surface area contributed by atoms with Crippen molar-refractivity contribution in [3.05, 3.63) is 51.5 Å². The first-order valence-electron chi connectivity index (χ1n) is 7.79. The van der Waals surface area contributed by atoms with Crippen LogP contribution in [0.25, 0.3) is 10.2 Å². The monoisotopic (exact) mass is 379 g/mol. The molecule has 4 rings (SSSR count). The molecule has 3 aromatic rings. The Kier molecular flexibility index (Phi) is 4.48. The number of rotatable bonds is 4. The first kappa shape index (κ1) is 15.9. The molecule has 1 atom stereocenters. The van der Waals surface area contributed by atoms with Gasteiger partial charge in [-0.1, -0.05) is 23.8 Å². The molecule has 1 aliphatic rings. The molecule has 0 aromatic carbocycles. The highest BCUT2D eigenvalue weighted by Gasteiger charge is 2.23. The molecule has 3 heterocycles. The molecule has 0 saturated heterocycles. The maximum atomic E-state index is 6.63. The summed E-state index contributed by atoms with van der Waals surface area (Å²) in [5.74, 6) is 1.97. The smallest absolute Gasteiger partial charge is 0.225 e. The minimum atomic E-state index is 0.194. The second-order valence-corrected chi connectivity index (χ2v) is 7.48. The van der Waals surface area contributed by atoms with Gasteiger partial charge in [-0.25, -0.2) is 4.98 Å². The fourth-order valence-corrected chi connectivity index (χ4v) is 4.82. The van der Waals surface area contributed by atoms with Gasteiger partial charge in [0.05, 0.1) is 22.5 Å². The first-order chi connectivity index (χ1) is 11.7. The molecule has 0 amide bonds. The third-order valence-corrected chi connectivity index (χ3v) is 6.14. The average Bonchev–Trinajstić information content (AvgIpc) is 3.22. The predicted molar refractivity (Wildman–Crippen MR) is 99.2 cm³/mol. The van der Waals surface area contributed by atoms with Gasteiger partial charge in [-0.05, 0) is 48.9 Å². The number of thiophene rings is 1. The molecular formula is C17H15Cl2N3OS. The minimum absolute atomic E-state index is 0.194. The van der Waals surface area contributed by atoms with E-state index in [-0.39, 0.29) is 5.28 Å². The molecule has 0 spiro atoms. The van der Waals surface area contributed by atoms with E-state index in [1.54, 1.807) is 17.6 Å². The van der Waals surface area contributed by atoms with Crippen LogP contribution in [0.3, 0.4) is 0 Å². The van der Waals surface area contributed by atoms with Crippen LogP contribution in [0, 0.1) is 0 Å². The fourth-order valence-electron chi connectivity index (χ4n) is 2.94. The van der Waals surface area contributed by atoms with Crippen molar-refractivity contribution in [3.63, 3.8) is 0 Å². The number of fused-ring (bicyclic) bond motifs is 1. The van der Waals surface area contributed by atoms with Crippen LogP contribution in [-0.4, -0.2) is 9.97 Å². The summed E-state index contributed by atoms with van der Waals surface area (Å²) in [6.45, 7) is 0.534.